The van der Waals surface area contributed by atoms with Crippen LogP contribution < -0.4 is 5.32 Å². The van der Waals surface area contributed by atoms with Crippen LogP contribution in [0.3, 0.4) is 0 Å². The molecule has 0 bridgehead atoms. The SMILES string of the molecule is CCNCc1cncc(-c2ccc3[nH]nc(-c4nc(CC)c(C)[nH]4)c3c2)c1C. The van der Waals surface area contributed by atoms with E-state index in [2.05, 4.69) is 71.4 Å². The maximum atomic E-state index is 4.73. The van der Waals surface area contributed by atoms with Gasteiger partial charge in [0.15, 0.2) is 5.82 Å². The number of H-pyrrole nitrogens is 2. The highest BCUT2D eigenvalue weighted by Gasteiger charge is 2.15. The van der Waals surface area contributed by atoms with Gasteiger partial charge >= 0.3 is 0 Å². The molecular formula is C22H26N6. The predicted molar refractivity (Wildman–Crippen MR) is 113 cm³/mol. The van der Waals surface area contributed by atoms with Gasteiger partial charge in [0.1, 0.15) is 5.69 Å². The normalized spacial score (nSPS) is 11.4. The molecule has 0 amide bonds. The zero-order valence-electron chi connectivity index (χ0n) is 16.8. The molecule has 0 aliphatic heterocycles. The minimum Gasteiger partial charge on any atom is -0.340 e. The van der Waals surface area contributed by atoms with Gasteiger partial charge in [-0.25, -0.2) is 4.98 Å². The van der Waals surface area contributed by atoms with E-state index in [-0.39, 0.29) is 0 Å². The number of pyridine rings is 1. The second kappa shape index (κ2) is 7.56. The second-order valence-corrected chi connectivity index (χ2v) is 7.09. The lowest BCUT2D eigenvalue weighted by Crippen LogP contribution is -2.13. The number of aromatic nitrogens is 5. The molecule has 1 aromatic carbocycles. The Morgan fingerprint density at radius 2 is 1.96 bits per heavy atom. The van der Waals surface area contributed by atoms with E-state index >= 15 is 0 Å². The van der Waals surface area contributed by atoms with Gasteiger partial charge < -0.3 is 10.3 Å². The zero-order chi connectivity index (χ0) is 19.7. The van der Waals surface area contributed by atoms with E-state index in [4.69, 9.17) is 4.98 Å². The number of aromatic amines is 2. The summed E-state index contributed by atoms with van der Waals surface area (Å²) in [6.45, 7) is 10.2. The van der Waals surface area contributed by atoms with Crippen LogP contribution in [0.1, 0.15) is 36.4 Å². The first kappa shape index (κ1) is 18.4. The first-order chi connectivity index (χ1) is 13.6. The lowest BCUT2D eigenvalue weighted by molar-refractivity contribution is 0.721. The van der Waals surface area contributed by atoms with Crippen molar-refractivity contribution in [2.45, 2.75) is 40.7 Å². The van der Waals surface area contributed by atoms with Gasteiger partial charge in [0.05, 0.1) is 11.2 Å². The lowest BCUT2D eigenvalue weighted by Gasteiger charge is -2.11. The number of aryl methyl sites for hydroxylation is 2. The molecule has 144 valence electrons. The maximum Gasteiger partial charge on any atom is 0.159 e. The van der Waals surface area contributed by atoms with E-state index in [1.807, 2.05) is 12.4 Å². The Labute approximate surface area is 164 Å². The standard InChI is InChI=1S/C22H26N6/c1-5-19-14(4)25-22(26-19)21-17-9-15(7-8-20(17)27-28-21)18-12-24-11-16(13(18)3)10-23-6-2/h7-9,11-12,23H,5-6,10H2,1-4H3,(H,25,26)(H,27,28). The molecule has 0 saturated heterocycles. The number of imidazole rings is 1. The summed E-state index contributed by atoms with van der Waals surface area (Å²) in [6, 6.07) is 6.38. The van der Waals surface area contributed by atoms with Crippen LogP contribution in [0.25, 0.3) is 33.5 Å². The summed E-state index contributed by atoms with van der Waals surface area (Å²) in [5.74, 6) is 0.813. The lowest BCUT2D eigenvalue weighted by atomic mass is 9.98. The van der Waals surface area contributed by atoms with E-state index in [1.54, 1.807) is 0 Å². The Bertz CT molecular complexity index is 1120. The fraction of sp³-hybridized carbons (Fsp3) is 0.318. The molecule has 28 heavy (non-hydrogen) atoms. The van der Waals surface area contributed by atoms with Gasteiger partial charge in [0.2, 0.25) is 0 Å². The Morgan fingerprint density at radius 1 is 1.11 bits per heavy atom. The van der Waals surface area contributed by atoms with E-state index in [1.165, 1.54) is 11.1 Å². The van der Waals surface area contributed by atoms with Crippen molar-refractivity contribution in [1.82, 2.24) is 30.5 Å². The van der Waals surface area contributed by atoms with Crippen molar-refractivity contribution in [3.05, 3.63) is 53.1 Å². The highest BCUT2D eigenvalue weighted by atomic mass is 15.1. The number of fused-ring (bicyclic) bond motifs is 1. The first-order valence-electron chi connectivity index (χ1n) is 9.80. The number of nitrogens with zero attached hydrogens (tertiary/aromatic N) is 3. The minimum atomic E-state index is 0.813. The fourth-order valence-electron chi connectivity index (χ4n) is 3.61. The number of nitrogens with one attached hydrogen (secondary N) is 3. The van der Waals surface area contributed by atoms with Gasteiger partial charge in [-0.2, -0.15) is 5.10 Å². The van der Waals surface area contributed by atoms with Crippen molar-refractivity contribution in [2.75, 3.05) is 6.54 Å². The highest BCUT2D eigenvalue weighted by molar-refractivity contribution is 5.94. The molecule has 3 N–H and O–H groups in total. The summed E-state index contributed by atoms with van der Waals surface area (Å²) >= 11 is 0. The number of rotatable bonds is 6. The van der Waals surface area contributed by atoms with Gasteiger partial charge in [-0.1, -0.05) is 19.9 Å². The summed E-state index contributed by atoms with van der Waals surface area (Å²) < 4.78 is 0. The molecule has 0 radical (unpaired) electrons. The van der Waals surface area contributed by atoms with Gasteiger partial charge in [-0.05, 0) is 55.6 Å². The Hall–Kier alpha value is -2.99. The molecule has 0 saturated carbocycles. The summed E-state index contributed by atoms with van der Waals surface area (Å²) in [4.78, 5) is 12.6. The molecular weight excluding hydrogens is 348 g/mol. The third-order valence-electron chi connectivity index (χ3n) is 5.30. The van der Waals surface area contributed by atoms with Crippen LogP contribution in [0.15, 0.2) is 30.6 Å². The third-order valence-corrected chi connectivity index (χ3v) is 5.30. The van der Waals surface area contributed by atoms with Crippen LogP contribution in [0.5, 0.6) is 0 Å². The largest absolute Gasteiger partial charge is 0.340 e. The molecule has 0 atom stereocenters. The van der Waals surface area contributed by atoms with E-state index in [0.29, 0.717) is 0 Å². The van der Waals surface area contributed by atoms with Crippen molar-refractivity contribution >= 4 is 10.9 Å². The van der Waals surface area contributed by atoms with Crippen LogP contribution >= 0.6 is 0 Å². The molecule has 0 spiro atoms. The molecule has 6 nitrogen and oxygen atoms in total. The monoisotopic (exact) mass is 374 g/mol. The van der Waals surface area contributed by atoms with Crippen LogP contribution in [0.2, 0.25) is 0 Å². The maximum absolute atomic E-state index is 4.73. The average molecular weight is 374 g/mol. The molecule has 4 aromatic rings. The van der Waals surface area contributed by atoms with Crippen LogP contribution in [-0.4, -0.2) is 31.7 Å². The topological polar surface area (TPSA) is 82.3 Å². The number of hydrogen-bond donors (Lipinski definition) is 3. The van der Waals surface area contributed by atoms with Gasteiger partial charge in [-0.3, -0.25) is 10.1 Å². The molecule has 0 aliphatic rings. The van der Waals surface area contributed by atoms with Crippen molar-refractivity contribution in [2.24, 2.45) is 0 Å². The first-order valence-corrected chi connectivity index (χ1v) is 9.80. The molecule has 3 heterocycles. The summed E-state index contributed by atoms with van der Waals surface area (Å²) in [5, 5.41) is 12.1. The number of benzene rings is 1. The predicted octanol–water partition coefficient (Wildman–Crippen LogP) is 4.30. The minimum absolute atomic E-state index is 0.813. The molecule has 4 rings (SSSR count). The Morgan fingerprint density at radius 3 is 2.71 bits per heavy atom. The van der Waals surface area contributed by atoms with Gasteiger partial charge in [0.25, 0.3) is 0 Å². The zero-order valence-corrected chi connectivity index (χ0v) is 16.8. The Balaban J connectivity index is 1.80. The van der Waals surface area contributed by atoms with E-state index in [0.717, 1.165) is 64.4 Å². The van der Waals surface area contributed by atoms with Crippen LogP contribution in [0, 0.1) is 13.8 Å². The van der Waals surface area contributed by atoms with Crippen LogP contribution in [0.4, 0.5) is 0 Å². The smallest absolute Gasteiger partial charge is 0.159 e. The molecule has 0 aliphatic carbocycles. The molecule has 0 fully saturated rings. The molecule has 0 unspecified atom stereocenters. The fourth-order valence-corrected chi connectivity index (χ4v) is 3.61. The van der Waals surface area contributed by atoms with Gasteiger partial charge in [-0.15, -0.1) is 0 Å². The van der Waals surface area contributed by atoms with Crippen molar-refractivity contribution in [3.8, 4) is 22.6 Å². The quantitative estimate of drug-likeness (QED) is 0.470. The summed E-state index contributed by atoms with van der Waals surface area (Å²) in [6.07, 6.45) is 4.79. The summed E-state index contributed by atoms with van der Waals surface area (Å²) in [7, 11) is 0. The van der Waals surface area contributed by atoms with Crippen molar-refractivity contribution < 1.29 is 0 Å². The van der Waals surface area contributed by atoms with Gasteiger partial charge in [0, 0.05) is 35.6 Å². The second-order valence-electron chi connectivity index (χ2n) is 7.09. The highest BCUT2D eigenvalue weighted by Crippen LogP contribution is 2.31. The summed E-state index contributed by atoms with van der Waals surface area (Å²) in [5.41, 5.74) is 8.80. The molecule has 3 aromatic heterocycles. The van der Waals surface area contributed by atoms with Crippen molar-refractivity contribution in [3.63, 3.8) is 0 Å². The number of hydrogen-bond acceptors (Lipinski definition) is 4. The third kappa shape index (κ3) is 3.20. The van der Waals surface area contributed by atoms with E-state index < -0.39 is 0 Å². The Kier molecular flexibility index (Phi) is 4.96. The average Bonchev–Trinajstić information content (AvgIpc) is 3.29. The van der Waals surface area contributed by atoms with Crippen LogP contribution in [-0.2, 0) is 13.0 Å². The van der Waals surface area contributed by atoms with E-state index in [9.17, 15) is 0 Å². The van der Waals surface area contributed by atoms with Crippen molar-refractivity contribution in [1.29, 1.82) is 0 Å². The molecule has 6 heteroatoms.